The highest BCUT2D eigenvalue weighted by molar-refractivity contribution is 5.57. The Bertz CT molecular complexity index is 852. The largest absolute Gasteiger partial charge is 0.454 e. The van der Waals surface area contributed by atoms with E-state index in [2.05, 4.69) is 20.2 Å². The summed E-state index contributed by atoms with van der Waals surface area (Å²) in [6, 6.07) is 7.09. The first-order chi connectivity index (χ1) is 13.4. The van der Waals surface area contributed by atoms with Crippen LogP contribution in [0.15, 0.2) is 24.3 Å². The molecule has 0 aliphatic carbocycles. The third-order valence-corrected chi connectivity index (χ3v) is 4.96. The second-order valence-corrected chi connectivity index (χ2v) is 6.99. The van der Waals surface area contributed by atoms with Crippen LogP contribution in [0.1, 0.15) is 30.1 Å². The highest BCUT2D eigenvalue weighted by Gasteiger charge is 2.33. The van der Waals surface area contributed by atoms with Crippen molar-refractivity contribution in [3.05, 3.63) is 41.5 Å². The van der Waals surface area contributed by atoms with Gasteiger partial charge in [-0.05, 0) is 38.0 Å². The zero-order chi connectivity index (χ0) is 19.7. The predicted molar refractivity (Wildman–Crippen MR) is 96.4 cm³/mol. The van der Waals surface area contributed by atoms with E-state index in [0.717, 1.165) is 49.2 Å². The summed E-state index contributed by atoms with van der Waals surface area (Å²) in [4.78, 5) is 10.0. The Morgan fingerprint density at radius 2 is 1.86 bits per heavy atom. The summed E-state index contributed by atoms with van der Waals surface area (Å²) in [5.41, 5.74) is 0.505. The lowest BCUT2D eigenvalue weighted by Crippen LogP contribution is -2.42. The molecule has 3 heterocycles. The van der Waals surface area contributed by atoms with E-state index < -0.39 is 11.9 Å². The van der Waals surface area contributed by atoms with Crippen molar-refractivity contribution in [3.63, 3.8) is 0 Å². The number of hydrogen-bond donors (Lipinski definition) is 1. The fourth-order valence-electron chi connectivity index (χ4n) is 3.51. The quantitative estimate of drug-likeness (QED) is 0.859. The molecule has 0 radical (unpaired) electrons. The van der Waals surface area contributed by atoms with Gasteiger partial charge < -0.3 is 19.7 Å². The third kappa shape index (κ3) is 4.14. The molecule has 1 aromatic heterocycles. The Labute approximate surface area is 160 Å². The number of fused-ring (bicyclic) bond motifs is 1. The van der Waals surface area contributed by atoms with E-state index in [9.17, 15) is 13.2 Å². The van der Waals surface area contributed by atoms with Crippen molar-refractivity contribution in [2.24, 2.45) is 0 Å². The standard InChI is InChI=1S/C19H21F3N4O2/c1-12-8-17(19(20,21)22)25-18(24-12)10-23-13-4-6-26(7-5-13)14-2-3-15-16(9-14)28-11-27-15/h2-3,8-9,13,23H,4-7,10-11H2,1H3. The van der Waals surface area contributed by atoms with Gasteiger partial charge in [-0.3, -0.25) is 0 Å². The number of benzene rings is 1. The van der Waals surface area contributed by atoms with Crippen molar-refractivity contribution in [2.45, 2.75) is 38.5 Å². The Morgan fingerprint density at radius 1 is 1.11 bits per heavy atom. The average molecular weight is 394 g/mol. The van der Waals surface area contributed by atoms with E-state index >= 15 is 0 Å². The van der Waals surface area contributed by atoms with E-state index in [1.807, 2.05) is 18.2 Å². The number of nitrogens with one attached hydrogen (secondary N) is 1. The summed E-state index contributed by atoms with van der Waals surface area (Å²) in [6.45, 7) is 3.71. The highest BCUT2D eigenvalue weighted by atomic mass is 19.4. The van der Waals surface area contributed by atoms with Gasteiger partial charge in [0.25, 0.3) is 0 Å². The molecule has 6 nitrogen and oxygen atoms in total. The van der Waals surface area contributed by atoms with Crippen LogP contribution in [0.4, 0.5) is 18.9 Å². The highest BCUT2D eigenvalue weighted by Crippen LogP contribution is 2.36. The molecule has 0 unspecified atom stereocenters. The topological polar surface area (TPSA) is 59.5 Å². The van der Waals surface area contributed by atoms with Crippen LogP contribution in [-0.2, 0) is 12.7 Å². The molecule has 150 valence electrons. The van der Waals surface area contributed by atoms with Gasteiger partial charge in [0, 0.05) is 36.6 Å². The minimum Gasteiger partial charge on any atom is -0.454 e. The second kappa shape index (κ2) is 7.46. The number of ether oxygens (including phenoxy) is 2. The van der Waals surface area contributed by atoms with Crippen molar-refractivity contribution in [1.29, 1.82) is 0 Å². The van der Waals surface area contributed by atoms with Crippen LogP contribution in [0.25, 0.3) is 0 Å². The zero-order valence-corrected chi connectivity index (χ0v) is 15.4. The Hall–Kier alpha value is -2.55. The van der Waals surface area contributed by atoms with Gasteiger partial charge in [0.05, 0.1) is 6.54 Å². The van der Waals surface area contributed by atoms with Crippen molar-refractivity contribution < 1.29 is 22.6 Å². The van der Waals surface area contributed by atoms with Crippen LogP contribution < -0.4 is 19.7 Å². The minimum absolute atomic E-state index is 0.172. The van der Waals surface area contributed by atoms with E-state index in [4.69, 9.17) is 9.47 Å². The molecular formula is C19H21F3N4O2. The van der Waals surface area contributed by atoms with Gasteiger partial charge in [0.15, 0.2) is 11.5 Å². The maximum absolute atomic E-state index is 12.9. The number of aromatic nitrogens is 2. The number of alkyl halides is 3. The summed E-state index contributed by atoms with van der Waals surface area (Å²) in [6.07, 6.45) is -2.70. The molecule has 0 atom stereocenters. The number of anilines is 1. The van der Waals surface area contributed by atoms with E-state index in [0.29, 0.717) is 5.69 Å². The molecule has 0 amide bonds. The summed E-state index contributed by atoms with van der Waals surface area (Å²) >= 11 is 0. The van der Waals surface area contributed by atoms with Crippen LogP contribution in [0.3, 0.4) is 0 Å². The van der Waals surface area contributed by atoms with E-state index in [1.54, 1.807) is 6.92 Å². The fraction of sp³-hybridized carbons (Fsp3) is 0.474. The molecule has 2 aromatic rings. The van der Waals surface area contributed by atoms with E-state index in [-0.39, 0.29) is 25.2 Å². The van der Waals surface area contributed by atoms with Crippen molar-refractivity contribution in [2.75, 3.05) is 24.8 Å². The Kier molecular flexibility index (Phi) is 5.01. The summed E-state index contributed by atoms with van der Waals surface area (Å²) < 4.78 is 49.5. The molecular weight excluding hydrogens is 373 g/mol. The molecule has 0 saturated carbocycles. The van der Waals surface area contributed by atoms with Crippen LogP contribution in [-0.4, -0.2) is 35.9 Å². The van der Waals surface area contributed by atoms with Crippen LogP contribution in [0, 0.1) is 6.92 Å². The summed E-state index contributed by atoms with van der Waals surface area (Å²) in [5, 5.41) is 3.29. The molecule has 2 aliphatic heterocycles. The maximum atomic E-state index is 12.9. The van der Waals surface area contributed by atoms with Gasteiger partial charge in [-0.1, -0.05) is 0 Å². The SMILES string of the molecule is Cc1cc(C(F)(F)F)nc(CNC2CCN(c3ccc4c(c3)OCO4)CC2)n1. The molecule has 1 saturated heterocycles. The lowest BCUT2D eigenvalue weighted by atomic mass is 10.0. The molecule has 2 aliphatic rings. The van der Waals surface area contributed by atoms with Gasteiger partial charge >= 0.3 is 6.18 Å². The molecule has 9 heteroatoms. The smallest absolute Gasteiger partial charge is 0.433 e. The molecule has 0 spiro atoms. The fourth-order valence-corrected chi connectivity index (χ4v) is 3.51. The normalized spacial score (nSPS) is 17.2. The van der Waals surface area contributed by atoms with Crippen LogP contribution >= 0.6 is 0 Å². The van der Waals surface area contributed by atoms with Gasteiger partial charge in [-0.25, -0.2) is 9.97 Å². The zero-order valence-electron chi connectivity index (χ0n) is 15.4. The first kappa shape index (κ1) is 18.8. The number of piperidine rings is 1. The first-order valence-corrected chi connectivity index (χ1v) is 9.18. The molecule has 1 fully saturated rings. The molecule has 4 rings (SSSR count). The lowest BCUT2D eigenvalue weighted by Gasteiger charge is -2.34. The van der Waals surface area contributed by atoms with Crippen molar-refractivity contribution >= 4 is 5.69 Å². The number of rotatable bonds is 4. The minimum atomic E-state index is -4.46. The van der Waals surface area contributed by atoms with E-state index in [1.165, 1.54) is 0 Å². The Balaban J connectivity index is 1.32. The third-order valence-electron chi connectivity index (χ3n) is 4.96. The summed E-state index contributed by atoms with van der Waals surface area (Å²) in [5.74, 6) is 1.69. The van der Waals surface area contributed by atoms with Crippen LogP contribution in [0.5, 0.6) is 11.5 Å². The first-order valence-electron chi connectivity index (χ1n) is 9.18. The predicted octanol–water partition coefficient (Wildman–Crippen LogP) is 3.29. The number of nitrogens with zero attached hydrogens (tertiary/aromatic N) is 3. The van der Waals surface area contributed by atoms with Gasteiger partial charge in [0.1, 0.15) is 11.5 Å². The Morgan fingerprint density at radius 3 is 2.61 bits per heavy atom. The second-order valence-electron chi connectivity index (χ2n) is 6.99. The number of hydrogen-bond acceptors (Lipinski definition) is 6. The van der Waals surface area contributed by atoms with Gasteiger partial charge in [-0.2, -0.15) is 13.2 Å². The lowest BCUT2D eigenvalue weighted by molar-refractivity contribution is -0.141. The average Bonchev–Trinajstić information content (AvgIpc) is 3.13. The molecule has 0 bridgehead atoms. The van der Waals surface area contributed by atoms with Crippen LogP contribution in [0.2, 0.25) is 0 Å². The van der Waals surface area contributed by atoms with Gasteiger partial charge in [-0.15, -0.1) is 0 Å². The van der Waals surface area contributed by atoms with Gasteiger partial charge in [0.2, 0.25) is 6.79 Å². The number of halogens is 3. The van der Waals surface area contributed by atoms with Crippen molar-refractivity contribution in [1.82, 2.24) is 15.3 Å². The molecule has 1 aromatic carbocycles. The molecule has 28 heavy (non-hydrogen) atoms. The monoisotopic (exact) mass is 394 g/mol. The van der Waals surface area contributed by atoms with Crippen molar-refractivity contribution in [3.8, 4) is 11.5 Å². The maximum Gasteiger partial charge on any atom is 0.433 e. The number of aryl methyl sites for hydroxylation is 1. The molecule has 1 N–H and O–H groups in total. The summed E-state index contributed by atoms with van der Waals surface area (Å²) in [7, 11) is 0.